The summed E-state index contributed by atoms with van der Waals surface area (Å²) in [5, 5.41) is 3.31. The molecule has 2 atom stereocenters. The Hall–Kier alpha value is -1.41. The number of carbonyl (C=O) groups is 1. The van der Waals surface area contributed by atoms with E-state index >= 15 is 0 Å². The third-order valence-electron chi connectivity index (χ3n) is 4.46. The van der Waals surface area contributed by atoms with E-state index in [1.54, 1.807) is 0 Å². The van der Waals surface area contributed by atoms with Crippen LogP contribution >= 0.6 is 0 Å². The van der Waals surface area contributed by atoms with Crippen LogP contribution in [-0.2, 0) is 11.2 Å². The normalized spacial score (nSPS) is 26.2. The molecular formula is C18H25NO. The van der Waals surface area contributed by atoms with Crippen LogP contribution in [0, 0.1) is 24.7 Å². The number of fused-ring (bicyclic) bond motifs is 1. The first-order valence-electron chi connectivity index (χ1n) is 7.57. The molecule has 2 nitrogen and oxygen atoms in total. The summed E-state index contributed by atoms with van der Waals surface area (Å²) >= 11 is 0. The van der Waals surface area contributed by atoms with Crippen LogP contribution in [0.15, 0.2) is 36.9 Å². The Kier molecular flexibility index (Phi) is 5.13. The highest BCUT2D eigenvalue weighted by molar-refractivity contribution is 5.89. The molecule has 2 heteroatoms. The van der Waals surface area contributed by atoms with Gasteiger partial charge < -0.3 is 5.32 Å². The van der Waals surface area contributed by atoms with Gasteiger partial charge in [-0.05, 0) is 55.8 Å². The van der Waals surface area contributed by atoms with Gasteiger partial charge in [-0.3, -0.25) is 4.79 Å². The summed E-state index contributed by atoms with van der Waals surface area (Å²) in [7, 11) is 0. The minimum Gasteiger partial charge on any atom is -0.316 e. The highest BCUT2D eigenvalue weighted by Crippen LogP contribution is 2.50. The number of rotatable bonds is 4. The fourth-order valence-electron chi connectivity index (χ4n) is 2.99. The number of aryl methyl sites for hydroxylation is 2. The van der Waals surface area contributed by atoms with Crippen molar-refractivity contribution in [2.75, 3.05) is 13.1 Å². The molecule has 2 aliphatic rings. The average Bonchev–Trinajstić information content (AvgIpc) is 2.90. The van der Waals surface area contributed by atoms with Crippen molar-refractivity contribution in [1.29, 1.82) is 0 Å². The number of hydrogen-bond donors (Lipinski definition) is 1. The van der Waals surface area contributed by atoms with Crippen molar-refractivity contribution < 1.29 is 4.79 Å². The van der Waals surface area contributed by atoms with Crippen molar-refractivity contribution in [2.24, 2.45) is 17.8 Å². The molecule has 1 N–H and O–H groups in total. The Morgan fingerprint density at radius 1 is 1.30 bits per heavy atom. The molecule has 0 aromatic heterocycles. The summed E-state index contributed by atoms with van der Waals surface area (Å²) in [6, 6.07) is 8.66. The Morgan fingerprint density at radius 2 is 1.90 bits per heavy atom. The van der Waals surface area contributed by atoms with Crippen molar-refractivity contribution in [3.8, 4) is 0 Å². The van der Waals surface area contributed by atoms with Gasteiger partial charge in [0.05, 0.1) is 0 Å². The van der Waals surface area contributed by atoms with Crippen LogP contribution in [0.5, 0.6) is 0 Å². The molecule has 1 saturated heterocycles. The number of carbonyl (C=O) groups excluding carboxylic acids is 1. The van der Waals surface area contributed by atoms with Crippen LogP contribution in [0.2, 0.25) is 0 Å². The van der Waals surface area contributed by atoms with E-state index in [-0.39, 0.29) is 5.78 Å². The second-order valence-corrected chi connectivity index (χ2v) is 5.86. The van der Waals surface area contributed by atoms with Crippen LogP contribution < -0.4 is 5.32 Å². The second-order valence-electron chi connectivity index (χ2n) is 5.86. The van der Waals surface area contributed by atoms with Gasteiger partial charge in [-0.2, -0.15) is 0 Å². The van der Waals surface area contributed by atoms with Crippen molar-refractivity contribution in [3.63, 3.8) is 0 Å². The summed E-state index contributed by atoms with van der Waals surface area (Å²) in [4.78, 5) is 11.0. The van der Waals surface area contributed by atoms with E-state index in [0.717, 1.165) is 37.8 Å². The predicted molar refractivity (Wildman–Crippen MR) is 83.7 cm³/mol. The van der Waals surface area contributed by atoms with Crippen molar-refractivity contribution in [1.82, 2.24) is 5.32 Å². The monoisotopic (exact) mass is 271 g/mol. The maximum atomic E-state index is 11.0. The SMILES string of the molecule is C=CC(=O)CC1C2CNCC21.CCc1ccc(C)cc1. The molecule has 0 amide bonds. The number of allylic oxidation sites excluding steroid dienone is 1. The summed E-state index contributed by atoms with van der Waals surface area (Å²) in [6.45, 7) is 10.0. The molecule has 1 aliphatic carbocycles. The zero-order chi connectivity index (χ0) is 14.5. The topological polar surface area (TPSA) is 29.1 Å². The van der Waals surface area contributed by atoms with Gasteiger partial charge in [0.25, 0.3) is 0 Å². The van der Waals surface area contributed by atoms with E-state index in [9.17, 15) is 4.79 Å². The number of nitrogens with one attached hydrogen (secondary N) is 1. The van der Waals surface area contributed by atoms with E-state index in [1.807, 2.05) is 0 Å². The quantitative estimate of drug-likeness (QED) is 0.852. The number of ketones is 1. The lowest BCUT2D eigenvalue weighted by atomic mass is 10.1. The van der Waals surface area contributed by atoms with Crippen LogP contribution in [0.1, 0.15) is 24.5 Å². The summed E-state index contributed by atoms with van der Waals surface area (Å²) in [5.41, 5.74) is 2.76. The Bertz CT molecular complexity index is 453. The lowest BCUT2D eigenvalue weighted by Gasteiger charge is -2.00. The van der Waals surface area contributed by atoms with Crippen LogP contribution in [-0.4, -0.2) is 18.9 Å². The van der Waals surface area contributed by atoms with Gasteiger partial charge in [0.1, 0.15) is 0 Å². The van der Waals surface area contributed by atoms with Gasteiger partial charge in [-0.25, -0.2) is 0 Å². The summed E-state index contributed by atoms with van der Waals surface area (Å²) in [5.74, 6) is 2.50. The Balaban J connectivity index is 0.000000151. The molecule has 0 bridgehead atoms. The van der Waals surface area contributed by atoms with Gasteiger partial charge in [0, 0.05) is 6.42 Å². The molecule has 3 rings (SSSR count). The number of piperidine rings is 1. The third kappa shape index (κ3) is 3.80. The molecule has 2 unspecified atom stereocenters. The van der Waals surface area contributed by atoms with Gasteiger partial charge >= 0.3 is 0 Å². The standard InChI is InChI=1S/C9H13NO.C9H12/c1-2-6(11)3-7-8-4-10-5-9(7)8;1-3-9-6-4-8(2)5-7-9/h2,7-10H,1,3-5H2;4-7H,3H2,1-2H3. The van der Waals surface area contributed by atoms with Crippen LogP contribution in [0.4, 0.5) is 0 Å². The minimum absolute atomic E-state index is 0.212. The van der Waals surface area contributed by atoms with Crippen molar-refractivity contribution >= 4 is 5.78 Å². The first-order valence-corrected chi connectivity index (χ1v) is 7.57. The molecule has 2 fully saturated rings. The van der Waals surface area contributed by atoms with Gasteiger partial charge in [0.15, 0.2) is 5.78 Å². The molecule has 0 radical (unpaired) electrons. The van der Waals surface area contributed by atoms with E-state index < -0.39 is 0 Å². The molecule has 1 heterocycles. The molecule has 1 aliphatic heterocycles. The molecule has 20 heavy (non-hydrogen) atoms. The lowest BCUT2D eigenvalue weighted by molar-refractivity contribution is -0.115. The van der Waals surface area contributed by atoms with E-state index in [0.29, 0.717) is 5.92 Å². The van der Waals surface area contributed by atoms with Crippen molar-refractivity contribution in [3.05, 3.63) is 48.0 Å². The van der Waals surface area contributed by atoms with Gasteiger partial charge in [-0.1, -0.05) is 43.3 Å². The minimum atomic E-state index is 0.212. The molecule has 0 spiro atoms. The van der Waals surface area contributed by atoms with E-state index in [2.05, 4.69) is 50.0 Å². The molecule has 1 saturated carbocycles. The van der Waals surface area contributed by atoms with Gasteiger partial charge in [-0.15, -0.1) is 0 Å². The Morgan fingerprint density at radius 3 is 2.40 bits per heavy atom. The lowest BCUT2D eigenvalue weighted by Crippen LogP contribution is -2.15. The molecule has 1 aromatic carbocycles. The van der Waals surface area contributed by atoms with Crippen molar-refractivity contribution in [2.45, 2.75) is 26.7 Å². The molecule has 1 aromatic rings. The predicted octanol–water partition coefficient (Wildman–Crippen LogP) is 3.15. The summed E-state index contributed by atoms with van der Waals surface area (Å²) in [6.07, 6.45) is 3.32. The highest BCUT2D eigenvalue weighted by atomic mass is 16.1. The molecular weight excluding hydrogens is 246 g/mol. The second kappa shape index (κ2) is 6.85. The third-order valence-corrected chi connectivity index (χ3v) is 4.46. The first kappa shape index (κ1) is 15.0. The average molecular weight is 271 g/mol. The maximum Gasteiger partial charge on any atom is 0.155 e. The van der Waals surface area contributed by atoms with Crippen LogP contribution in [0.25, 0.3) is 0 Å². The van der Waals surface area contributed by atoms with Gasteiger partial charge in [0.2, 0.25) is 0 Å². The van der Waals surface area contributed by atoms with Crippen LogP contribution in [0.3, 0.4) is 0 Å². The maximum absolute atomic E-state index is 11.0. The highest BCUT2D eigenvalue weighted by Gasteiger charge is 2.52. The zero-order valence-corrected chi connectivity index (χ0v) is 12.6. The zero-order valence-electron chi connectivity index (χ0n) is 12.6. The van der Waals surface area contributed by atoms with E-state index in [1.165, 1.54) is 17.2 Å². The first-order chi connectivity index (χ1) is 9.65. The number of hydrogen-bond acceptors (Lipinski definition) is 2. The fraction of sp³-hybridized carbons (Fsp3) is 0.500. The summed E-state index contributed by atoms with van der Waals surface area (Å²) < 4.78 is 0. The largest absolute Gasteiger partial charge is 0.316 e. The Labute approximate surface area is 122 Å². The number of benzene rings is 1. The van der Waals surface area contributed by atoms with E-state index in [4.69, 9.17) is 0 Å². The fourth-order valence-corrected chi connectivity index (χ4v) is 2.99. The molecule has 108 valence electrons. The smallest absolute Gasteiger partial charge is 0.155 e.